The van der Waals surface area contributed by atoms with Crippen LogP contribution in [0.25, 0.3) is 10.2 Å². The maximum absolute atomic E-state index is 12.7. The molecule has 0 spiro atoms. The lowest BCUT2D eigenvalue weighted by Gasteiger charge is -2.21. The van der Waals surface area contributed by atoms with Gasteiger partial charge >= 0.3 is 0 Å². The first-order chi connectivity index (χ1) is 11.6. The summed E-state index contributed by atoms with van der Waals surface area (Å²) < 4.78 is 0. The van der Waals surface area contributed by atoms with Gasteiger partial charge in [-0.1, -0.05) is 36.9 Å². The molecule has 0 radical (unpaired) electrons. The van der Waals surface area contributed by atoms with Gasteiger partial charge in [-0.15, -0.1) is 11.3 Å². The molecule has 1 atom stereocenters. The minimum Gasteiger partial charge on any atom is -0.315 e. The molecule has 4 nitrogen and oxygen atoms in total. The minimum absolute atomic E-state index is 0.0592. The average molecular weight is 358 g/mol. The number of benzene rings is 1. The molecule has 0 saturated heterocycles. The van der Waals surface area contributed by atoms with Gasteiger partial charge in [-0.25, -0.2) is 9.97 Å². The monoisotopic (exact) mass is 357 g/mol. The number of fused-ring (bicyclic) bond motifs is 1. The van der Waals surface area contributed by atoms with E-state index in [0.717, 1.165) is 27.4 Å². The second-order valence-corrected chi connectivity index (χ2v) is 7.90. The Labute approximate surface area is 149 Å². The Balaban J connectivity index is 1.80. The number of para-hydroxylation sites is 1. The zero-order valence-electron chi connectivity index (χ0n) is 13.9. The zero-order chi connectivity index (χ0) is 17.1. The quantitative estimate of drug-likeness (QED) is 0.502. The summed E-state index contributed by atoms with van der Waals surface area (Å²) in [5.41, 5.74) is 0.895. The zero-order valence-corrected chi connectivity index (χ0v) is 15.5. The van der Waals surface area contributed by atoms with Gasteiger partial charge in [0.1, 0.15) is 16.2 Å². The van der Waals surface area contributed by atoms with Crippen molar-refractivity contribution in [2.24, 2.45) is 0 Å². The number of nitrogens with zero attached hydrogens (tertiary/aromatic N) is 3. The number of carbonyl (C=O) groups is 1. The topological polar surface area (TPSA) is 46.1 Å². The number of carbonyl (C=O) groups excluding carboxylic acids is 1. The molecule has 24 heavy (non-hydrogen) atoms. The van der Waals surface area contributed by atoms with E-state index in [-0.39, 0.29) is 11.2 Å². The molecule has 1 aromatic carbocycles. The Morgan fingerprint density at radius 3 is 2.75 bits per heavy atom. The van der Waals surface area contributed by atoms with Crippen LogP contribution in [0.15, 0.2) is 47.8 Å². The van der Waals surface area contributed by atoms with Crippen LogP contribution in [0.4, 0.5) is 5.69 Å². The predicted octanol–water partition coefficient (Wildman–Crippen LogP) is 4.40. The van der Waals surface area contributed by atoms with Crippen LogP contribution in [-0.2, 0) is 11.2 Å². The van der Waals surface area contributed by atoms with Crippen molar-refractivity contribution in [1.29, 1.82) is 0 Å². The van der Waals surface area contributed by atoms with Gasteiger partial charge in [0, 0.05) is 23.0 Å². The number of aromatic nitrogens is 2. The van der Waals surface area contributed by atoms with Crippen LogP contribution in [-0.4, -0.2) is 28.2 Å². The highest BCUT2D eigenvalue weighted by atomic mass is 32.2. The summed E-state index contributed by atoms with van der Waals surface area (Å²) in [6.07, 6.45) is 2.56. The number of thioether (sulfide) groups is 1. The van der Waals surface area contributed by atoms with Gasteiger partial charge in [-0.2, -0.15) is 0 Å². The molecule has 0 bridgehead atoms. The van der Waals surface area contributed by atoms with Crippen molar-refractivity contribution in [2.45, 2.75) is 30.5 Å². The number of aryl methyl sites for hydroxylation is 1. The molecule has 1 unspecified atom stereocenters. The van der Waals surface area contributed by atoms with Crippen molar-refractivity contribution in [3.05, 3.63) is 47.6 Å². The summed E-state index contributed by atoms with van der Waals surface area (Å²) in [6.45, 7) is 4.05. The van der Waals surface area contributed by atoms with Gasteiger partial charge < -0.3 is 4.90 Å². The lowest BCUT2D eigenvalue weighted by Crippen LogP contribution is -2.33. The van der Waals surface area contributed by atoms with E-state index >= 15 is 0 Å². The molecule has 6 heteroatoms. The Kier molecular flexibility index (Phi) is 5.16. The predicted molar refractivity (Wildman–Crippen MR) is 102 cm³/mol. The fourth-order valence-corrected chi connectivity index (χ4v) is 4.41. The summed E-state index contributed by atoms with van der Waals surface area (Å²) in [5, 5.41) is 1.70. The maximum Gasteiger partial charge on any atom is 0.239 e. The van der Waals surface area contributed by atoms with Crippen LogP contribution in [0.2, 0.25) is 0 Å². The van der Waals surface area contributed by atoms with E-state index in [2.05, 4.69) is 23.0 Å². The lowest BCUT2D eigenvalue weighted by molar-refractivity contribution is -0.117. The smallest absolute Gasteiger partial charge is 0.239 e. The van der Waals surface area contributed by atoms with E-state index in [1.807, 2.05) is 44.3 Å². The molecule has 3 rings (SSSR count). The van der Waals surface area contributed by atoms with Gasteiger partial charge in [0.05, 0.1) is 5.25 Å². The van der Waals surface area contributed by atoms with Crippen LogP contribution >= 0.6 is 23.1 Å². The summed E-state index contributed by atoms with van der Waals surface area (Å²) in [4.78, 5) is 25.4. The van der Waals surface area contributed by atoms with E-state index in [4.69, 9.17) is 0 Å². The number of rotatable bonds is 5. The Bertz CT molecular complexity index is 848. The summed E-state index contributed by atoms with van der Waals surface area (Å²) in [5.74, 6) is 0.0592. The van der Waals surface area contributed by atoms with Crippen molar-refractivity contribution in [1.82, 2.24) is 9.97 Å². The van der Waals surface area contributed by atoms with Crippen LogP contribution in [0.1, 0.15) is 18.7 Å². The van der Waals surface area contributed by atoms with Crippen LogP contribution in [0, 0.1) is 0 Å². The van der Waals surface area contributed by atoms with Crippen molar-refractivity contribution in [3.8, 4) is 0 Å². The third-order valence-corrected chi connectivity index (χ3v) is 6.09. The molecule has 2 aromatic heterocycles. The van der Waals surface area contributed by atoms with Crippen LogP contribution < -0.4 is 4.90 Å². The number of hydrogen-bond acceptors (Lipinski definition) is 5. The molecule has 124 valence electrons. The van der Waals surface area contributed by atoms with Crippen molar-refractivity contribution in [3.63, 3.8) is 0 Å². The number of hydrogen-bond donors (Lipinski definition) is 0. The summed E-state index contributed by atoms with van der Waals surface area (Å²) in [6, 6.07) is 11.8. The first-order valence-electron chi connectivity index (χ1n) is 7.82. The van der Waals surface area contributed by atoms with E-state index in [9.17, 15) is 4.79 Å². The molecule has 0 aliphatic rings. The minimum atomic E-state index is -0.224. The molecular weight excluding hydrogens is 338 g/mol. The van der Waals surface area contributed by atoms with Crippen molar-refractivity contribution >= 4 is 44.9 Å². The number of anilines is 1. The fourth-order valence-electron chi connectivity index (χ4n) is 2.42. The Morgan fingerprint density at radius 1 is 1.29 bits per heavy atom. The fraction of sp³-hybridized carbons (Fsp3) is 0.278. The second-order valence-electron chi connectivity index (χ2n) is 5.46. The van der Waals surface area contributed by atoms with Gasteiger partial charge in [0.2, 0.25) is 5.91 Å². The molecule has 3 aromatic rings. The molecule has 0 aliphatic heterocycles. The van der Waals surface area contributed by atoms with E-state index in [1.165, 1.54) is 16.6 Å². The molecule has 0 aliphatic carbocycles. The molecule has 0 saturated carbocycles. The SMILES string of the molecule is CCc1cc2c(SC(C)C(=O)N(C)c3ccccc3)ncnc2s1. The van der Waals surface area contributed by atoms with Gasteiger partial charge in [-0.3, -0.25) is 4.79 Å². The first kappa shape index (κ1) is 16.9. The van der Waals surface area contributed by atoms with E-state index < -0.39 is 0 Å². The van der Waals surface area contributed by atoms with Crippen molar-refractivity contribution < 1.29 is 4.79 Å². The first-order valence-corrected chi connectivity index (χ1v) is 9.52. The van der Waals surface area contributed by atoms with Gasteiger partial charge in [-0.05, 0) is 31.5 Å². The maximum atomic E-state index is 12.7. The molecule has 1 amide bonds. The Morgan fingerprint density at radius 2 is 2.04 bits per heavy atom. The third-order valence-electron chi connectivity index (χ3n) is 3.80. The van der Waals surface area contributed by atoms with Crippen LogP contribution in [0.5, 0.6) is 0 Å². The Hall–Kier alpha value is -1.92. The molecule has 2 heterocycles. The molecule has 0 fully saturated rings. The van der Waals surface area contributed by atoms with Gasteiger partial charge in [0.15, 0.2) is 0 Å². The average Bonchev–Trinajstić information content (AvgIpc) is 3.05. The van der Waals surface area contributed by atoms with Crippen molar-refractivity contribution in [2.75, 3.05) is 11.9 Å². The summed E-state index contributed by atoms with van der Waals surface area (Å²) in [7, 11) is 1.81. The highest BCUT2D eigenvalue weighted by Gasteiger charge is 2.21. The van der Waals surface area contributed by atoms with Crippen LogP contribution in [0.3, 0.4) is 0 Å². The normalized spacial score (nSPS) is 12.3. The highest BCUT2D eigenvalue weighted by molar-refractivity contribution is 8.00. The number of thiophene rings is 1. The lowest BCUT2D eigenvalue weighted by atomic mass is 10.3. The van der Waals surface area contributed by atoms with E-state index in [1.54, 1.807) is 22.6 Å². The summed E-state index contributed by atoms with van der Waals surface area (Å²) >= 11 is 3.18. The largest absolute Gasteiger partial charge is 0.315 e. The highest BCUT2D eigenvalue weighted by Crippen LogP contribution is 2.33. The number of amides is 1. The standard InChI is InChI=1S/C18H19N3OS2/c1-4-14-10-15-16(19-11-20-17(15)24-14)23-12(2)18(22)21(3)13-8-6-5-7-9-13/h5-12H,4H2,1-3H3. The van der Waals surface area contributed by atoms with Gasteiger partial charge in [0.25, 0.3) is 0 Å². The second kappa shape index (κ2) is 7.32. The van der Waals surface area contributed by atoms with E-state index in [0.29, 0.717) is 0 Å². The molecular formula is C18H19N3OS2. The third kappa shape index (κ3) is 3.44. The molecule has 0 N–H and O–H groups in total.